The third-order valence-corrected chi connectivity index (χ3v) is 6.38. The van der Waals surface area contributed by atoms with Gasteiger partial charge in [-0.25, -0.2) is 0 Å². The monoisotopic (exact) mass is 387 g/mol. The van der Waals surface area contributed by atoms with Crippen molar-refractivity contribution >= 4 is 30.2 Å². The van der Waals surface area contributed by atoms with Gasteiger partial charge in [-0.1, -0.05) is 23.8 Å². The summed E-state index contributed by atoms with van der Waals surface area (Å²) in [6.07, 6.45) is 4.95. The van der Waals surface area contributed by atoms with Crippen LogP contribution in [-0.4, -0.2) is 57.8 Å². The van der Waals surface area contributed by atoms with Crippen molar-refractivity contribution in [2.75, 3.05) is 40.0 Å². The summed E-state index contributed by atoms with van der Waals surface area (Å²) >= 11 is 0. The molecule has 3 radical (unpaired) electrons. The average molecular weight is 387 g/mol. The van der Waals surface area contributed by atoms with Crippen LogP contribution in [0.15, 0.2) is 54.1 Å². The van der Waals surface area contributed by atoms with Crippen molar-refractivity contribution < 1.29 is 9.47 Å². The summed E-state index contributed by atoms with van der Waals surface area (Å²) in [5.41, 5.74) is 4.04. The second-order valence-corrected chi connectivity index (χ2v) is 7.98. The number of methoxy groups -OCH3 is 1. The van der Waals surface area contributed by atoms with Crippen LogP contribution >= 0.6 is 0 Å². The Morgan fingerprint density at radius 1 is 1.03 bits per heavy atom. The number of hydrogen-bond acceptors (Lipinski definition) is 3. The highest BCUT2D eigenvalue weighted by molar-refractivity contribution is 6.08. The zero-order valence-corrected chi connectivity index (χ0v) is 17.1. The smallest absolute Gasteiger partial charge is 0.121 e. The van der Waals surface area contributed by atoms with Crippen molar-refractivity contribution in [3.8, 4) is 5.75 Å². The predicted molar refractivity (Wildman–Crippen MR) is 120 cm³/mol. The Kier molecular flexibility index (Phi) is 5.98. The predicted octanol–water partition coefficient (Wildman–Crippen LogP) is 4.09. The molecule has 1 aromatic heterocycles. The molecule has 0 atom stereocenters. The molecule has 3 fully saturated rings. The summed E-state index contributed by atoms with van der Waals surface area (Å²) in [4.78, 5) is 2.56. The maximum absolute atomic E-state index is 6.14. The van der Waals surface area contributed by atoms with Crippen LogP contribution in [0.1, 0.15) is 12.8 Å². The summed E-state index contributed by atoms with van der Waals surface area (Å²) < 4.78 is 13.8. The molecule has 3 aliphatic heterocycles. The molecule has 3 aliphatic rings. The van der Waals surface area contributed by atoms with Crippen LogP contribution in [0, 0.1) is 5.92 Å². The first-order valence-corrected chi connectivity index (χ1v) is 10.4. The SMILES string of the molecule is COCCn1c2ccccc2c2ccc(OCC=C3CN4CCC3CC4)cc21.[B]. The van der Waals surface area contributed by atoms with Crippen LogP contribution < -0.4 is 4.74 Å². The summed E-state index contributed by atoms with van der Waals surface area (Å²) in [6.45, 7) is 5.87. The molecule has 0 unspecified atom stereocenters. The Balaban J connectivity index is 0.00000205. The molecule has 4 heterocycles. The van der Waals surface area contributed by atoms with Gasteiger partial charge in [-0.15, -0.1) is 0 Å². The van der Waals surface area contributed by atoms with Crippen molar-refractivity contribution in [2.24, 2.45) is 5.92 Å². The molecule has 149 valence electrons. The summed E-state index contributed by atoms with van der Waals surface area (Å²) in [5.74, 6) is 1.72. The van der Waals surface area contributed by atoms with Crippen LogP contribution in [-0.2, 0) is 11.3 Å². The number of ether oxygens (including phenoxy) is 2. The Labute approximate surface area is 174 Å². The first kappa shape index (κ1) is 20.1. The van der Waals surface area contributed by atoms with E-state index in [1.165, 1.54) is 47.7 Å². The van der Waals surface area contributed by atoms with Crippen LogP contribution in [0.5, 0.6) is 5.75 Å². The first-order valence-electron chi connectivity index (χ1n) is 10.4. The maximum Gasteiger partial charge on any atom is 0.121 e. The fraction of sp³-hybridized carbons (Fsp3) is 0.417. The van der Waals surface area contributed by atoms with E-state index in [9.17, 15) is 0 Å². The lowest BCUT2D eigenvalue weighted by Crippen LogP contribution is -2.43. The number of para-hydroxylation sites is 1. The van der Waals surface area contributed by atoms with Gasteiger partial charge in [0.05, 0.1) is 12.1 Å². The second kappa shape index (κ2) is 8.64. The van der Waals surface area contributed by atoms with E-state index in [2.05, 4.69) is 58.0 Å². The lowest BCUT2D eigenvalue weighted by atomic mass is 9.84. The number of hydrogen-bond donors (Lipinski definition) is 0. The third-order valence-electron chi connectivity index (χ3n) is 6.38. The molecule has 0 aliphatic carbocycles. The molecule has 2 aromatic carbocycles. The highest BCUT2D eigenvalue weighted by Gasteiger charge is 2.28. The molecule has 0 amide bonds. The fourth-order valence-corrected chi connectivity index (χ4v) is 4.87. The highest BCUT2D eigenvalue weighted by atomic mass is 16.5. The number of nitrogens with zero attached hydrogens (tertiary/aromatic N) is 2. The minimum atomic E-state index is 0. The Morgan fingerprint density at radius 2 is 1.83 bits per heavy atom. The first-order chi connectivity index (χ1) is 13.8. The lowest BCUT2D eigenvalue weighted by Gasteiger charge is -2.41. The number of fused-ring (bicyclic) bond motifs is 6. The molecule has 6 rings (SSSR count). The summed E-state index contributed by atoms with van der Waals surface area (Å²) in [6, 6.07) is 15.1. The minimum absolute atomic E-state index is 0. The van der Waals surface area contributed by atoms with Crippen molar-refractivity contribution in [2.45, 2.75) is 19.4 Å². The van der Waals surface area contributed by atoms with E-state index in [1.54, 1.807) is 12.7 Å². The average Bonchev–Trinajstić information content (AvgIpc) is 3.06. The fourth-order valence-electron chi connectivity index (χ4n) is 4.87. The van der Waals surface area contributed by atoms with Crippen LogP contribution in [0.3, 0.4) is 0 Å². The van der Waals surface area contributed by atoms with E-state index in [0.717, 1.165) is 24.8 Å². The van der Waals surface area contributed by atoms with Gasteiger partial charge in [0.25, 0.3) is 0 Å². The molecular formula is C24H28BN2O2. The van der Waals surface area contributed by atoms with Crippen LogP contribution in [0.4, 0.5) is 0 Å². The minimum Gasteiger partial charge on any atom is -0.489 e. The van der Waals surface area contributed by atoms with Crippen LogP contribution in [0.2, 0.25) is 0 Å². The van der Waals surface area contributed by atoms with Gasteiger partial charge < -0.3 is 14.0 Å². The van der Waals surface area contributed by atoms with Crippen molar-refractivity contribution in [1.29, 1.82) is 0 Å². The van der Waals surface area contributed by atoms with Gasteiger partial charge in [-0.3, -0.25) is 4.90 Å². The quantitative estimate of drug-likeness (QED) is 0.471. The summed E-state index contributed by atoms with van der Waals surface area (Å²) in [5, 5.41) is 2.56. The Hall–Kier alpha value is -2.24. The third kappa shape index (κ3) is 3.81. The van der Waals surface area contributed by atoms with Gasteiger partial charge in [0.1, 0.15) is 12.4 Å². The lowest BCUT2D eigenvalue weighted by molar-refractivity contribution is 0.160. The maximum atomic E-state index is 6.14. The molecule has 0 saturated carbocycles. The second-order valence-electron chi connectivity index (χ2n) is 7.98. The van der Waals surface area contributed by atoms with E-state index >= 15 is 0 Å². The zero-order chi connectivity index (χ0) is 18.9. The van der Waals surface area contributed by atoms with Crippen molar-refractivity contribution in [3.63, 3.8) is 0 Å². The molecular weight excluding hydrogens is 359 g/mol. The van der Waals surface area contributed by atoms with Crippen molar-refractivity contribution in [3.05, 3.63) is 54.1 Å². The molecule has 0 spiro atoms. The molecule has 2 bridgehead atoms. The number of rotatable bonds is 6. The van der Waals surface area contributed by atoms with E-state index in [4.69, 9.17) is 9.47 Å². The Bertz CT molecular complexity index is 1020. The number of benzene rings is 2. The molecule has 5 heteroatoms. The molecule has 29 heavy (non-hydrogen) atoms. The highest BCUT2D eigenvalue weighted by Crippen LogP contribution is 2.33. The van der Waals surface area contributed by atoms with E-state index in [1.807, 2.05) is 0 Å². The van der Waals surface area contributed by atoms with E-state index in [-0.39, 0.29) is 8.41 Å². The standard InChI is InChI=1S/C24H28N2O2.B/c1-27-15-13-26-23-5-3-2-4-21(23)22-7-6-20(16-24(22)26)28-14-10-19-17-25-11-8-18(19)9-12-25;/h2-7,10,16,18H,8-9,11-15,17H2,1H3;. The number of aromatic nitrogens is 1. The van der Waals surface area contributed by atoms with Gasteiger partial charge in [-0.2, -0.15) is 0 Å². The largest absolute Gasteiger partial charge is 0.489 e. The zero-order valence-electron chi connectivity index (χ0n) is 17.1. The van der Waals surface area contributed by atoms with Gasteiger partial charge in [-0.05, 0) is 56.1 Å². The van der Waals surface area contributed by atoms with E-state index < -0.39 is 0 Å². The van der Waals surface area contributed by atoms with E-state index in [0.29, 0.717) is 13.2 Å². The van der Waals surface area contributed by atoms with Crippen molar-refractivity contribution in [1.82, 2.24) is 9.47 Å². The van der Waals surface area contributed by atoms with Crippen LogP contribution in [0.25, 0.3) is 21.8 Å². The summed E-state index contributed by atoms with van der Waals surface area (Å²) in [7, 11) is 1.75. The molecule has 3 aromatic rings. The van der Waals surface area contributed by atoms with Gasteiger partial charge >= 0.3 is 0 Å². The normalized spacial score (nSPS) is 22.3. The van der Waals surface area contributed by atoms with Gasteiger partial charge in [0.2, 0.25) is 0 Å². The molecule has 3 saturated heterocycles. The Morgan fingerprint density at radius 3 is 2.59 bits per heavy atom. The van der Waals surface area contributed by atoms with Gasteiger partial charge in [0.15, 0.2) is 0 Å². The topological polar surface area (TPSA) is 26.6 Å². The molecule has 4 nitrogen and oxygen atoms in total. The molecule has 0 N–H and O–H groups in total. The number of piperidine rings is 3. The van der Waals surface area contributed by atoms with Gasteiger partial charge in [0, 0.05) is 51.0 Å².